The highest BCUT2D eigenvalue weighted by atomic mass is 127. The van der Waals surface area contributed by atoms with Crippen LogP contribution >= 0.6 is 24.0 Å². The summed E-state index contributed by atoms with van der Waals surface area (Å²) in [5.41, 5.74) is 0.0449. The fourth-order valence-electron chi connectivity index (χ4n) is 2.39. The smallest absolute Gasteiger partial charge is 0.191 e. The number of rotatable bonds is 10. The summed E-state index contributed by atoms with van der Waals surface area (Å²) < 4.78 is 33.5. The van der Waals surface area contributed by atoms with Crippen LogP contribution in [0.4, 0.5) is 8.78 Å². The minimum absolute atomic E-state index is 0. The second-order valence-electron chi connectivity index (χ2n) is 5.81. The van der Waals surface area contributed by atoms with E-state index in [1.807, 2.05) is 13.8 Å². The third-order valence-corrected chi connectivity index (χ3v) is 3.68. The van der Waals surface area contributed by atoms with Crippen LogP contribution in [0, 0.1) is 11.6 Å². The molecule has 5 nitrogen and oxygen atoms in total. The molecule has 1 unspecified atom stereocenters. The number of guanidine groups is 1. The molecule has 1 atom stereocenters. The Morgan fingerprint density at radius 3 is 2.38 bits per heavy atom. The van der Waals surface area contributed by atoms with Crippen LogP contribution in [0.5, 0.6) is 0 Å². The van der Waals surface area contributed by atoms with Crippen molar-refractivity contribution in [3.8, 4) is 0 Å². The molecule has 1 aromatic rings. The Balaban J connectivity index is 0.00000625. The van der Waals surface area contributed by atoms with Gasteiger partial charge in [-0.05, 0) is 46.5 Å². The predicted octanol–water partition coefficient (Wildman–Crippen LogP) is 3.17. The van der Waals surface area contributed by atoms with Gasteiger partial charge < -0.3 is 20.3 Å². The number of benzene rings is 1. The van der Waals surface area contributed by atoms with Crippen molar-refractivity contribution >= 4 is 29.9 Å². The van der Waals surface area contributed by atoms with Gasteiger partial charge in [-0.2, -0.15) is 0 Å². The molecule has 0 aliphatic rings. The molecule has 0 amide bonds. The van der Waals surface area contributed by atoms with Gasteiger partial charge in [-0.3, -0.25) is 4.99 Å². The van der Waals surface area contributed by atoms with Crippen LogP contribution in [-0.4, -0.2) is 57.8 Å². The Labute approximate surface area is 172 Å². The first-order chi connectivity index (χ1) is 12.0. The zero-order chi connectivity index (χ0) is 18.7. The van der Waals surface area contributed by atoms with E-state index in [9.17, 15) is 8.78 Å². The van der Waals surface area contributed by atoms with Gasteiger partial charge in [0.15, 0.2) is 5.96 Å². The number of halogens is 3. The van der Waals surface area contributed by atoms with Crippen LogP contribution in [0.1, 0.15) is 31.9 Å². The lowest BCUT2D eigenvalue weighted by Crippen LogP contribution is -2.39. The largest absolute Gasteiger partial charge is 0.382 e. The quantitative estimate of drug-likeness (QED) is 0.232. The first kappa shape index (κ1) is 25.0. The van der Waals surface area contributed by atoms with Crippen LogP contribution in [0.2, 0.25) is 0 Å². The second-order valence-corrected chi connectivity index (χ2v) is 5.81. The van der Waals surface area contributed by atoms with Crippen molar-refractivity contribution < 1.29 is 13.5 Å². The molecular weight excluding hydrogens is 453 g/mol. The standard InChI is InChI=1S/C18H30F2N4O.HI/c1-5-21-18(22-11-8-12-25-6-2)23-13-16(24(3)4)17-14(19)9-7-10-15(17)20;/h7,9-10,16H,5-6,8,11-13H2,1-4H3,(H2,21,22,23);1H. The number of nitrogens with one attached hydrogen (secondary N) is 2. The highest BCUT2D eigenvalue weighted by Crippen LogP contribution is 2.24. The Morgan fingerprint density at radius 2 is 1.85 bits per heavy atom. The summed E-state index contributed by atoms with van der Waals surface area (Å²) in [7, 11) is 3.57. The van der Waals surface area contributed by atoms with Crippen molar-refractivity contribution in [3.63, 3.8) is 0 Å². The number of hydrogen-bond acceptors (Lipinski definition) is 3. The number of hydrogen-bond donors (Lipinski definition) is 2. The van der Waals surface area contributed by atoms with E-state index in [0.717, 1.165) is 6.42 Å². The summed E-state index contributed by atoms with van der Waals surface area (Å²) >= 11 is 0. The highest BCUT2D eigenvalue weighted by molar-refractivity contribution is 14.0. The van der Waals surface area contributed by atoms with E-state index in [1.165, 1.54) is 18.2 Å². The van der Waals surface area contributed by atoms with Gasteiger partial charge in [-0.25, -0.2) is 8.78 Å². The van der Waals surface area contributed by atoms with Crippen LogP contribution < -0.4 is 10.6 Å². The van der Waals surface area contributed by atoms with Gasteiger partial charge >= 0.3 is 0 Å². The average Bonchev–Trinajstić information content (AvgIpc) is 2.56. The van der Waals surface area contributed by atoms with Gasteiger partial charge in [-0.1, -0.05) is 6.07 Å². The van der Waals surface area contributed by atoms with Crippen molar-refractivity contribution in [2.24, 2.45) is 4.99 Å². The zero-order valence-electron chi connectivity index (χ0n) is 16.0. The van der Waals surface area contributed by atoms with Crippen molar-refractivity contribution in [2.45, 2.75) is 26.3 Å². The van der Waals surface area contributed by atoms with Crippen LogP contribution in [0.3, 0.4) is 0 Å². The third kappa shape index (κ3) is 8.59. The maximum absolute atomic E-state index is 14.1. The number of nitrogens with zero attached hydrogens (tertiary/aromatic N) is 2. The Kier molecular flexibility index (Phi) is 13.6. The molecule has 1 rings (SSSR count). The van der Waals surface area contributed by atoms with Gasteiger partial charge in [0.1, 0.15) is 11.6 Å². The molecule has 0 bridgehead atoms. The van der Waals surface area contributed by atoms with Crippen molar-refractivity contribution in [3.05, 3.63) is 35.4 Å². The summed E-state index contributed by atoms with van der Waals surface area (Å²) in [6.45, 7) is 6.98. The van der Waals surface area contributed by atoms with E-state index in [2.05, 4.69) is 15.6 Å². The monoisotopic (exact) mass is 484 g/mol. The molecule has 0 aliphatic heterocycles. The Bertz CT molecular complexity index is 524. The molecule has 150 valence electrons. The molecular formula is C18H31F2IN4O. The summed E-state index contributed by atoms with van der Waals surface area (Å²) in [6, 6.07) is 3.43. The van der Waals surface area contributed by atoms with Crippen molar-refractivity contribution in [1.29, 1.82) is 0 Å². The van der Waals surface area contributed by atoms with E-state index in [-0.39, 0.29) is 36.1 Å². The van der Waals surface area contributed by atoms with Gasteiger partial charge in [0, 0.05) is 31.9 Å². The topological polar surface area (TPSA) is 48.9 Å². The molecule has 0 spiro atoms. The fraction of sp³-hybridized carbons (Fsp3) is 0.611. The zero-order valence-corrected chi connectivity index (χ0v) is 18.3. The van der Waals surface area contributed by atoms with Crippen molar-refractivity contribution in [1.82, 2.24) is 15.5 Å². The van der Waals surface area contributed by atoms with Gasteiger partial charge in [0.2, 0.25) is 0 Å². The van der Waals surface area contributed by atoms with E-state index in [4.69, 9.17) is 4.74 Å². The Hall–Kier alpha value is -1.00. The van der Waals surface area contributed by atoms with Crippen LogP contribution in [0.15, 0.2) is 23.2 Å². The maximum atomic E-state index is 14.1. The minimum Gasteiger partial charge on any atom is -0.382 e. The van der Waals surface area contributed by atoms with Crippen LogP contribution in [-0.2, 0) is 4.74 Å². The first-order valence-corrected chi connectivity index (χ1v) is 8.71. The lowest BCUT2D eigenvalue weighted by Gasteiger charge is -2.24. The molecule has 1 aromatic carbocycles. The van der Waals surface area contributed by atoms with Gasteiger partial charge in [-0.15, -0.1) is 24.0 Å². The normalized spacial score (nSPS) is 12.7. The third-order valence-electron chi connectivity index (χ3n) is 3.68. The van der Waals surface area contributed by atoms with Gasteiger partial charge in [0.05, 0.1) is 12.6 Å². The van der Waals surface area contributed by atoms with Gasteiger partial charge in [0.25, 0.3) is 0 Å². The average molecular weight is 484 g/mol. The second kappa shape index (κ2) is 14.1. The molecule has 0 saturated carbocycles. The van der Waals surface area contributed by atoms with Crippen LogP contribution in [0.25, 0.3) is 0 Å². The predicted molar refractivity (Wildman–Crippen MR) is 113 cm³/mol. The van der Waals surface area contributed by atoms with E-state index in [0.29, 0.717) is 32.3 Å². The summed E-state index contributed by atoms with van der Waals surface area (Å²) in [6.07, 6.45) is 0.858. The molecule has 0 aromatic heterocycles. The molecule has 0 aliphatic carbocycles. The first-order valence-electron chi connectivity index (χ1n) is 8.71. The lowest BCUT2D eigenvalue weighted by molar-refractivity contribution is 0.145. The van der Waals surface area contributed by atoms with E-state index in [1.54, 1.807) is 19.0 Å². The molecule has 2 N–H and O–H groups in total. The summed E-state index contributed by atoms with van der Waals surface area (Å²) in [5.74, 6) is -0.477. The molecule has 0 fully saturated rings. The minimum atomic E-state index is -0.552. The molecule has 0 saturated heterocycles. The maximum Gasteiger partial charge on any atom is 0.191 e. The Morgan fingerprint density at radius 1 is 1.19 bits per heavy atom. The number of ether oxygens (including phenoxy) is 1. The summed E-state index contributed by atoms with van der Waals surface area (Å²) in [5, 5.41) is 6.35. The SMILES string of the molecule is CCNC(=NCC(c1c(F)cccc1F)N(C)C)NCCCOCC.I. The fourth-order valence-corrected chi connectivity index (χ4v) is 2.39. The molecule has 8 heteroatoms. The molecule has 0 radical (unpaired) electrons. The van der Waals surface area contributed by atoms with Crippen molar-refractivity contribution in [2.75, 3.05) is 46.9 Å². The molecule has 0 heterocycles. The van der Waals surface area contributed by atoms with E-state index >= 15 is 0 Å². The number of aliphatic imine (C=N–C) groups is 1. The van der Waals surface area contributed by atoms with E-state index < -0.39 is 17.7 Å². The number of likely N-dealkylation sites (N-methyl/N-ethyl adjacent to an activating group) is 1. The summed E-state index contributed by atoms with van der Waals surface area (Å²) in [4.78, 5) is 6.26. The highest BCUT2D eigenvalue weighted by Gasteiger charge is 2.22. The lowest BCUT2D eigenvalue weighted by atomic mass is 10.0. The molecule has 26 heavy (non-hydrogen) atoms.